The Kier molecular flexibility index (Phi) is 5.53. The van der Waals surface area contributed by atoms with Crippen LogP contribution in [0, 0.1) is 6.92 Å². The number of carbonyl (C=O) groups excluding carboxylic acids is 2. The molecule has 29 heavy (non-hydrogen) atoms. The van der Waals surface area contributed by atoms with E-state index < -0.39 is 0 Å². The van der Waals surface area contributed by atoms with Crippen LogP contribution in [0.15, 0.2) is 76.1 Å². The van der Waals surface area contributed by atoms with E-state index in [-0.39, 0.29) is 24.3 Å². The molecule has 146 valence electrons. The van der Waals surface area contributed by atoms with Crippen LogP contribution < -0.4 is 4.74 Å². The lowest BCUT2D eigenvalue weighted by atomic mass is 10.2. The van der Waals surface area contributed by atoms with Gasteiger partial charge >= 0.3 is 0 Å². The Morgan fingerprint density at radius 3 is 2.66 bits per heavy atom. The molecule has 0 unspecified atom stereocenters. The van der Waals surface area contributed by atoms with Crippen LogP contribution in [0.3, 0.4) is 0 Å². The minimum Gasteiger partial charge on any atom is -0.492 e. The van der Waals surface area contributed by atoms with E-state index >= 15 is 0 Å². The van der Waals surface area contributed by atoms with Crippen molar-refractivity contribution < 1.29 is 18.7 Å². The summed E-state index contributed by atoms with van der Waals surface area (Å²) < 4.78 is 11.5. The summed E-state index contributed by atoms with van der Waals surface area (Å²) in [7, 11) is 0. The first kappa shape index (κ1) is 19.1. The van der Waals surface area contributed by atoms with Crippen molar-refractivity contribution in [3.63, 3.8) is 0 Å². The lowest BCUT2D eigenvalue weighted by Crippen LogP contribution is -2.32. The zero-order valence-corrected chi connectivity index (χ0v) is 16.6. The number of thioether (sulfide) groups is 1. The molecule has 5 nitrogen and oxygen atoms in total. The highest BCUT2D eigenvalue weighted by molar-refractivity contribution is 8.18. The molecule has 0 spiro atoms. The summed E-state index contributed by atoms with van der Waals surface area (Å²) in [6, 6.07) is 21.0. The van der Waals surface area contributed by atoms with Gasteiger partial charge in [0.05, 0.1) is 11.4 Å². The number of nitrogens with zero attached hydrogens (tertiary/aromatic N) is 1. The Morgan fingerprint density at radius 1 is 1.03 bits per heavy atom. The van der Waals surface area contributed by atoms with Crippen LogP contribution in [0.2, 0.25) is 0 Å². The van der Waals surface area contributed by atoms with E-state index in [1.165, 1.54) is 4.90 Å². The number of aryl methyl sites for hydroxylation is 1. The van der Waals surface area contributed by atoms with E-state index in [1.807, 2.05) is 67.6 Å². The van der Waals surface area contributed by atoms with Gasteiger partial charge < -0.3 is 9.15 Å². The topological polar surface area (TPSA) is 59.8 Å². The predicted octanol–water partition coefficient (Wildman–Crippen LogP) is 5.37. The summed E-state index contributed by atoms with van der Waals surface area (Å²) >= 11 is 0.913. The van der Waals surface area contributed by atoms with Crippen LogP contribution >= 0.6 is 11.8 Å². The molecule has 2 heterocycles. The number of carbonyl (C=O) groups is 2. The molecule has 0 aliphatic carbocycles. The van der Waals surface area contributed by atoms with Crippen LogP contribution in [0.5, 0.6) is 5.75 Å². The fraction of sp³-hybridized carbons (Fsp3) is 0.130. The number of furan rings is 1. The predicted molar refractivity (Wildman–Crippen MR) is 113 cm³/mol. The van der Waals surface area contributed by atoms with Gasteiger partial charge in [0, 0.05) is 11.6 Å². The zero-order valence-electron chi connectivity index (χ0n) is 15.8. The number of amides is 2. The van der Waals surface area contributed by atoms with Crippen molar-refractivity contribution in [2.45, 2.75) is 6.92 Å². The van der Waals surface area contributed by atoms with Gasteiger partial charge in [-0.1, -0.05) is 42.5 Å². The van der Waals surface area contributed by atoms with Crippen molar-refractivity contribution in [1.29, 1.82) is 0 Å². The van der Waals surface area contributed by atoms with Gasteiger partial charge in [0.25, 0.3) is 11.1 Å². The summed E-state index contributed by atoms with van der Waals surface area (Å²) in [5, 5.41) is -0.302. The highest BCUT2D eigenvalue weighted by Crippen LogP contribution is 2.33. The maximum absolute atomic E-state index is 12.6. The van der Waals surface area contributed by atoms with Crippen molar-refractivity contribution >= 4 is 29.0 Å². The van der Waals surface area contributed by atoms with E-state index in [9.17, 15) is 9.59 Å². The molecule has 1 aromatic heterocycles. The lowest BCUT2D eigenvalue weighted by molar-refractivity contribution is -0.123. The van der Waals surface area contributed by atoms with Crippen LogP contribution in [0.1, 0.15) is 11.3 Å². The Balaban J connectivity index is 1.40. The fourth-order valence-electron chi connectivity index (χ4n) is 2.97. The number of hydrogen-bond donors (Lipinski definition) is 0. The minimum atomic E-state index is -0.328. The average molecular weight is 405 g/mol. The van der Waals surface area contributed by atoms with E-state index in [4.69, 9.17) is 9.15 Å². The molecule has 0 radical (unpaired) electrons. The van der Waals surface area contributed by atoms with Gasteiger partial charge in [-0.3, -0.25) is 14.5 Å². The second kappa shape index (κ2) is 8.41. The maximum Gasteiger partial charge on any atom is 0.293 e. The Hall–Kier alpha value is -3.25. The molecule has 2 amide bonds. The quantitative estimate of drug-likeness (QED) is 0.516. The lowest BCUT2D eigenvalue weighted by Gasteiger charge is -2.13. The average Bonchev–Trinajstić information content (AvgIpc) is 3.29. The molecule has 1 saturated heterocycles. The Morgan fingerprint density at radius 2 is 1.86 bits per heavy atom. The number of benzene rings is 2. The molecule has 6 heteroatoms. The molecular formula is C23H19NO4S. The first-order valence-electron chi connectivity index (χ1n) is 9.20. The second-order valence-corrected chi connectivity index (χ2v) is 7.56. The highest BCUT2D eigenvalue weighted by atomic mass is 32.2. The van der Waals surface area contributed by atoms with Gasteiger partial charge in [-0.25, -0.2) is 0 Å². The normalized spacial score (nSPS) is 15.3. The first-order chi connectivity index (χ1) is 14.1. The van der Waals surface area contributed by atoms with Crippen molar-refractivity contribution in [1.82, 2.24) is 4.90 Å². The van der Waals surface area contributed by atoms with Gasteiger partial charge in [-0.15, -0.1) is 0 Å². The van der Waals surface area contributed by atoms with E-state index in [0.717, 1.165) is 28.6 Å². The van der Waals surface area contributed by atoms with Crippen molar-refractivity contribution in [2.75, 3.05) is 13.2 Å². The smallest absolute Gasteiger partial charge is 0.293 e. The SMILES string of the molecule is Cc1cccc(OCCN2C(=O)S/C(=C\c3ccc(-c4ccccc4)o3)C2=O)c1. The van der Waals surface area contributed by atoms with Gasteiger partial charge in [0.1, 0.15) is 23.9 Å². The molecule has 4 rings (SSSR count). The second-order valence-electron chi connectivity index (χ2n) is 6.57. The first-order valence-corrected chi connectivity index (χ1v) is 10.0. The summed E-state index contributed by atoms with van der Waals surface area (Å²) in [5.41, 5.74) is 2.04. The standard InChI is InChI=1S/C23H19NO4S/c1-16-6-5-9-18(14-16)27-13-12-24-22(25)21(29-23(24)26)15-19-10-11-20(28-19)17-7-3-2-4-8-17/h2-11,14-15H,12-13H2,1H3/b21-15-. The molecule has 1 aliphatic heterocycles. The van der Waals surface area contributed by atoms with Crippen LogP contribution in [-0.2, 0) is 4.79 Å². The zero-order chi connectivity index (χ0) is 20.2. The van der Waals surface area contributed by atoms with Crippen molar-refractivity contribution in [3.05, 3.63) is 83.0 Å². The fourth-order valence-corrected chi connectivity index (χ4v) is 3.81. The van der Waals surface area contributed by atoms with E-state index in [1.54, 1.807) is 12.1 Å². The van der Waals surface area contributed by atoms with Crippen LogP contribution in [0.25, 0.3) is 17.4 Å². The van der Waals surface area contributed by atoms with Gasteiger partial charge in [0.2, 0.25) is 0 Å². The molecule has 0 saturated carbocycles. The Labute approximate surface area is 173 Å². The summed E-state index contributed by atoms with van der Waals surface area (Å²) in [4.78, 5) is 26.4. The maximum atomic E-state index is 12.6. The molecule has 0 atom stereocenters. The van der Waals surface area contributed by atoms with Crippen LogP contribution in [-0.4, -0.2) is 29.2 Å². The molecular weight excluding hydrogens is 386 g/mol. The van der Waals surface area contributed by atoms with E-state index in [2.05, 4.69) is 0 Å². The monoisotopic (exact) mass is 405 g/mol. The third-order valence-electron chi connectivity index (χ3n) is 4.41. The largest absolute Gasteiger partial charge is 0.492 e. The van der Waals surface area contributed by atoms with Gasteiger partial charge in [-0.2, -0.15) is 0 Å². The number of ether oxygens (including phenoxy) is 1. The minimum absolute atomic E-state index is 0.198. The highest BCUT2D eigenvalue weighted by Gasteiger charge is 2.35. The number of hydrogen-bond acceptors (Lipinski definition) is 5. The third kappa shape index (κ3) is 4.43. The molecule has 1 aliphatic rings. The van der Waals surface area contributed by atoms with Gasteiger partial charge in [0.15, 0.2) is 0 Å². The van der Waals surface area contributed by atoms with Gasteiger partial charge in [-0.05, 0) is 48.5 Å². The molecule has 2 aromatic carbocycles. The van der Waals surface area contributed by atoms with E-state index in [0.29, 0.717) is 16.4 Å². The molecule has 3 aromatic rings. The number of imide groups is 1. The summed E-state index contributed by atoms with van der Waals surface area (Å²) in [6.07, 6.45) is 1.61. The summed E-state index contributed by atoms with van der Waals surface area (Å²) in [5.74, 6) is 1.63. The molecule has 0 N–H and O–H groups in total. The summed E-state index contributed by atoms with van der Waals surface area (Å²) in [6.45, 7) is 2.42. The van der Waals surface area contributed by atoms with Crippen LogP contribution in [0.4, 0.5) is 4.79 Å². The van der Waals surface area contributed by atoms with Crippen molar-refractivity contribution in [2.24, 2.45) is 0 Å². The third-order valence-corrected chi connectivity index (χ3v) is 5.31. The molecule has 0 bridgehead atoms. The number of rotatable bonds is 6. The van der Waals surface area contributed by atoms with Crippen molar-refractivity contribution in [3.8, 4) is 17.1 Å². The Bertz CT molecular complexity index is 1070. The molecule has 1 fully saturated rings.